The molecule has 2 fully saturated rings. The highest BCUT2D eigenvalue weighted by molar-refractivity contribution is 9.10. The van der Waals surface area contributed by atoms with Gasteiger partial charge in [0.05, 0.1) is 15.9 Å². The van der Waals surface area contributed by atoms with Gasteiger partial charge in [-0.2, -0.15) is 5.10 Å². The average Bonchev–Trinajstić information content (AvgIpc) is 2.94. The van der Waals surface area contributed by atoms with Gasteiger partial charge in [-0.25, -0.2) is 0 Å². The van der Waals surface area contributed by atoms with Crippen molar-refractivity contribution in [1.82, 2.24) is 20.0 Å². The van der Waals surface area contributed by atoms with Crippen LogP contribution in [-0.4, -0.2) is 40.4 Å². The van der Waals surface area contributed by atoms with Gasteiger partial charge in [0, 0.05) is 32.2 Å². The van der Waals surface area contributed by atoms with Crippen LogP contribution in [-0.2, 0) is 13.1 Å². The third-order valence-corrected chi connectivity index (χ3v) is 5.53. The first-order valence-electron chi connectivity index (χ1n) is 7.36. The molecule has 0 saturated carbocycles. The molecule has 2 aliphatic rings. The second kappa shape index (κ2) is 5.54. The number of fused-ring (bicyclic) bond motifs is 1. The molecule has 5 heteroatoms. The molecular weight excluding hydrogens is 304 g/mol. The largest absolute Gasteiger partial charge is 0.312 e. The highest BCUT2D eigenvalue weighted by Crippen LogP contribution is 2.28. The van der Waals surface area contributed by atoms with Crippen LogP contribution < -0.4 is 5.32 Å². The minimum atomic E-state index is 0.714. The zero-order valence-electron chi connectivity index (χ0n) is 11.8. The van der Waals surface area contributed by atoms with Crippen molar-refractivity contribution in [2.45, 2.75) is 45.8 Å². The summed E-state index contributed by atoms with van der Waals surface area (Å²) in [6.45, 7) is 9.82. The summed E-state index contributed by atoms with van der Waals surface area (Å²) in [7, 11) is 0. The van der Waals surface area contributed by atoms with Crippen molar-refractivity contribution in [3.8, 4) is 0 Å². The molecule has 0 amide bonds. The number of hydrogen-bond donors (Lipinski definition) is 1. The van der Waals surface area contributed by atoms with Gasteiger partial charge in [0.25, 0.3) is 0 Å². The summed E-state index contributed by atoms with van der Waals surface area (Å²) < 4.78 is 3.33. The summed E-state index contributed by atoms with van der Waals surface area (Å²) in [5.74, 6) is 0.853. The molecular formula is C14H23BrN4. The van der Waals surface area contributed by atoms with Crippen molar-refractivity contribution in [3.05, 3.63) is 15.9 Å². The maximum Gasteiger partial charge on any atom is 0.0739 e. The van der Waals surface area contributed by atoms with Gasteiger partial charge in [0.2, 0.25) is 0 Å². The molecule has 3 rings (SSSR count). The topological polar surface area (TPSA) is 33.1 Å². The maximum atomic E-state index is 4.59. The van der Waals surface area contributed by atoms with E-state index in [4.69, 9.17) is 0 Å². The monoisotopic (exact) mass is 326 g/mol. The van der Waals surface area contributed by atoms with Gasteiger partial charge in [-0.05, 0) is 55.1 Å². The average molecular weight is 327 g/mol. The standard InChI is InChI=1S/C14H23BrN4/c1-3-19-13(14(15)10(2)17-19)9-18-7-11-5-4-6-16-12(11)8-18/h11-12,16H,3-9H2,1-2H3. The van der Waals surface area contributed by atoms with E-state index in [1.807, 2.05) is 0 Å². The second-order valence-electron chi connectivity index (χ2n) is 5.82. The Morgan fingerprint density at radius 3 is 3.00 bits per heavy atom. The molecule has 2 saturated heterocycles. The van der Waals surface area contributed by atoms with E-state index in [1.54, 1.807) is 0 Å². The van der Waals surface area contributed by atoms with E-state index in [2.05, 4.69) is 49.8 Å². The molecule has 1 aromatic heterocycles. The maximum absolute atomic E-state index is 4.59. The normalized spacial score (nSPS) is 27.7. The van der Waals surface area contributed by atoms with Crippen LogP contribution in [0, 0.1) is 12.8 Å². The lowest BCUT2D eigenvalue weighted by Gasteiger charge is -2.24. The number of halogens is 1. The molecule has 0 radical (unpaired) electrons. The highest BCUT2D eigenvalue weighted by atomic mass is 79.9. The Morgan fingerprint density at radius 1 is 1.42 bits per heavy atom. The van der Waals surface area contributed by atoms with E-state index in [-0.39, 0.29) is 0 Å². The number of rotatable bonds is 3. The van der Waals surface area contributed by atoms with Crippen LogP contribution in [0.15, 0.2) is 4.47 Å². The molecule has 2 unspecified atom stereocenters. The quantitative estimate of drug-likeness (QED) is 0.924. The van der Waals surface area contributed by atoms with Gasteiger partial charge in [0.15, 0.2) is 0 Å². The zero-order valence-corrected chi connectivity index (χ0v) is 13.4. The lowest BCUT2D eigenvalue weighted by molar-refractivity contribution is 0.302. The smallest absolute Gasteiger partial charge is 0.0739 e. The first kappa shape index (κ1) is 13.6. The minimum Gasteiger partial charge on any atom is -0.312 e. The minimum absolute atomic E-state index is 0.714. The molecule has 1 N–H and O–H groups in total. The molecule has 2 aliphatic heterocycles. The lowest BCUT2D eigenvalue weighted by atomic mass is 9.94. The van der Waals surface area contributed by atoms with Gasteiger partial charge in [-0.15, -0.1) is 0 Å². The van der Waals surface area contributed by atoms with E-state index in [0.717, 1.165) is 24.7 Å². The van der Waals surface area contributed by atoms with Gasteiger partial charge < -0.3 is 5.32 Å². The van der Waals surface area contributed by atoms with Crippen molar-refractivity contribution in [2.75, 3.05) is 19.6 Å². The Morgan fingerprint density at radius 2 is 2.26 bits per heavy atom. The number of hydrogen-bond acceptors (Lipinski definition) is 3. The summed E-state index contributed by atoms with van der Waals surface area (Å²) in [6, 6.07) is 0.714. The molecule has 1 aromatic rings. The number of aromatic nitrogens is 2. The molecule has 0 spiro atoms. The predicted octanol–water partition coefficient (Wildman–Crippen LogP) is 2.16. The Labute approximate surface area is 123 Å². The van der Waals surface area contributed by atoms with Crippen molar-refractivity contribution in [3.63, 3.8) is 0 Å². The number of aryl methyl sites for hydroxylation is 2. The first-order chi connectivity index (χ1) is 9.19. The van der Waals surface area contributed by atoms with Crippen molar-refractivity contribution in [2.24, 2.45) is 5.92 Å². The van der Waals surface area contributed by atoms with Crippen molar-refractivity contribution >= 4 is 15.9 Å². The van der Waals surface area contributed by atoms with Gasteiger partial charge >= 0.3 is 0 Å². The third-order valence-electron chi connectivity index (χ3n) is 4.50. The van der Waals surface area contributed by atoms with Crippen LogP contribution >= 0.6 is 15.9 Å². The molecule has 2 atom stereocenters. The van der Waals surface area contributed by atoms with E-state index < -0.39 is 0 Å². The van der Waals surface area contributed by atoms with Gasteiger partial charge in [-0.1, -0.05) is 0 Å². The molecule has 0 bridgehead atoms. The molecule has 4 nitrogen and oxygen atoms in total. The Balaban J connectivity index is 1.72. The summed E-state index contributed by atoms with van der Waals surface area (Å²) in [4.78, 5) is 2.58. The van der Waals surface area contributed by atoms with Crippen LogP contribution in [0.1, 0.15) is 31.2 Å². The van der Waals surface area contributed by atoms with E-state index >= 15 is 0 Å². The van der Waals surface area contributed by atoms with E-state index in [1.165, 1.54) is 42.6 Å². The number of piperidine rings is 1. The van der Waals surface area contributed by atoms with E-state index in [9.17, 15) is 0 Å². The van der Waals surface area contributed by atoms with Crippen molar-refractivity contribution in [1.29, 1.82) is 0 Å². The Hall–Kier alpha value is -0.390. The van der Waals surface area contributed by atoms with Crippen LogP contribution in [0.2, 0.25) is 0 Å². The second-order valence-corrected chi connectivity index (χ2v) is 6.61. The van der Waals surface area contributed by atoms with E-state index in [0.29, 0.717) is 6.04 Å². The molecule has 19 heavy (non-hydrogen) atoms. The highest BCUT2D eigenvalue weighted by Gasteiger charge is 2.34. The number of likely N-dealkylation sites (tertiary alicyclic amines) is 1. The molecule has 3 heterocycles. The molecule has 0 aliphatic carbocycles. The molecule has 106 valence electrons. The van der Waals surface area contributed by atoms with Crippen molar-refractivity contribution < 1.29 is 0 Å². The summed E-state index contributed by atoms with van der Waals surface area (Å²) in [5, 5.41) is 8.26. The fourth-order valence-corrected chi connectivity index (χ4v) is 3.91. The number of nitrogens with zero attached hydrogens (tertiary/aromatic N) is 3. The number of nitrogens with one attached hydrogen (secondary N) is 1. The summed E-state index contributed by atoms with van der Waals surface area (Å²) in [6.07, 6.45) is 2.73. The first-order valence-corrected chi connectivity index (χ1v) is 8.16. The summed E-state index contributed by atoms with van der Waals surface area (Å²) in [5.41, 5.74) is 2.44. The predicted molar refractivity (Wildman–Crippen MR) is 80.1 cm³/mol. The third kappa shape index (κ3) is 2.60. The fraction of sp³-hybridized carbons (Fsp3) is 0.786. The van der Waals surface area contributed by atoms with Crippen LogP contribution in [0.3, 0.4) is 0 Å². The van der Waals surface area contributed by atoms with Crippen LogP contribution in [0.4, 0.5) is 0 Å². The SMILES string of the molecule is CCn1nc(C)c(Br)c1CN1CC2CCCNC2C1. The summed E-state index contributed by atoms with van der Waals surface area (Å²) >= 11 is 3.70. The van der Waals surface area contributed by atoms with Gasteiger partial charge in [-0.3, -0.25) is 9.58 Å². The Kier molecular flexibility index (Phi) is 3.96. The zero-order chi connectivity index (χ0) is 13.4. The fourth-order valence-electron chi connectivity index (χ4n) is 3.50. The lowest BCUT2D eigenvalue weighted by Crippen LogP contribution is -2.40. The van der Waals surface area contributed by atoms with Crippen LogP contribution in [0.25, 0.3) is 0 Å². The molecule has 0 aromatic carbocycles. The van der Waals surface area contributed by atoms with Gasteiger partial charge in [0.1, 0.15) is 0 Å². The Bertz CT molecular complexity index is 443. The van der Waals surface area contributed by atoms with Crippen LogP contribution in [0.5, 0.6) is 0 Å².